The molecule has 1 heterocycles. The lowest BCUT2D eigenvalue weighted by atomic mass is 10.2. The molecule has 19 heavy (non-hydrogen) atoms. The van der Waals surface area contributed by atoms with E-state index in [-0.39, 0.29) is 6.04 Å². The van der Waals surface area contributed by atoms with Gasteiger partial charge in [0.2, 0.25) is 0 Å². The average molecular weight is 260 g/mol. The van der Waals surface area contributed by atoms with E-state index in [2.05, 4.69) is 21.9 Å². The van der Waals surface area contributed by atoms with Crippen LogP contribution in [0.2, 0.25) is 0 Å². The Kier molecular flexibility index (Phi) is 4.94. The van der Waals surface area contributed by atoms with Gasteiger partial charge in [0.1, 0.15) is 11.6 Å². The molecule has 2 rings (SSSR count). The van der Waals surface area contributed by atoms with E-state index < -0.39 is 0 Å². The van der Waals surface area contributed by atoms with Crippen molar-refractivity contribution < 1.29 is 4.74 Å². The molecule has 0 saturated carbocycles. The number of aryl methyl sites for hydroxylation is 1. The summed E-state index contributed by atoms with van der Waals surface area (Å²) in [6.45, 7) is 3.56. The molecular weight excluding hydrogens is 240 g/mol. The zero-order valence-corrected chi connectivity index (χ0v) is 11.1. The summed E-state index contributed by atoms with van der Waals surface area (Å²) in [5.74, 6) is 7.43. The molecule has 1 unspecified atom stereocenters. The van der Waals surface area contributed by atoms with Gasteiger partial charge in [-0.25, -0.2) is 10.4 Å². The Hall–Kier alpha value is -1.85. The highest BCUT2D eigenvalue weighted by Gasteiger charge is 2.14. The van der Waals surface area contributed by atoms with Gasteiger partial charge in [-0.2, -0.15) is 0 Å². The van der Waals surface area contributed by atoms with E-state index in [1.807, 2.05) is 36.5 Å². The second-order valence-corrected chi connectivity index (χ2v) is 4.24. The van der Waals surface area contributed by atoms with E-state index >= 15 is 0 Å². The van der Waals surface area contributed by atoms with Crippen LogP contribution in [-0.2, 0) is 6.54 Å². The molecule has 102 valence electrons. The minimum Gasteiger partial charge on any atom is -0.494 e. The Morgan fingerprint density at radius 2 is 2.16 bits per heavy atom. The third kappa shape index (κ3) is 3.56. The quantitative estimate of drug-likeness (QED) is 0.589. The summed E-state index contributed by atoms with van der Waals surface area (Å²) < 4.78 is 7.75. The standard InChI is InChI=1S/C14H20N4O/c1-2-18-10-9-16-14(18)13(17-15)8-11-19-12-6-4-3-5-7-12/h3-7,9-10,13,17H,2,8,11,15H2,1H3. The first kappa shape index (κ1) is 13.6. The summed E-state index contributed by atoms with van der Waals surface area (Å²) in [6.07, 6.45) is 4.52. The number of aromatic nitrogens is 2. The molecule has 0 bridgehead atoms. The largest absolute Gasteiger partial charge is 0.494 e. The van der Waals surface area contributed by atoms with Gasteiger partial charge in [0, 0.05) is 25.4 Å². The molecule has 0 aliphatic rings. The van der Waals surface area contributed by atoms with Crippen LogP contribution in [0.4, 0.5) is 0 Å². The van der Waals surface area contributed by atoms with Gasteiger partial charge in [0.25, 0.3) is 0 Å². The van der Waals surface area contributed by atoms with Gasteiger partial charge in [-0.15, -0.1) is 0 Å². The highest BCUT2D eigenvalue weighted by molar-refractivity contribution is 5.20. The van der Waals surface area contributed by atoms with Gasteiger partial charge in [0.15, 0.2) is 0 Å². The van der Waals surface area contributed by atoms with Gasteiger partial charge in [-0.05, 0) is 19.1 Å². The van der Waals surface area contributed by atoms with E-state index in [0.29, 0.717) is 6.61 Å². The topological polar surface area (TPSA) is 65.1 Å². The third-order valence-corrected chi connectivity index (χ3v) is 3.02. The van der Waals surface area contributed by atoms with Crippen molar-refractivity contribution in [2.75, 3.05) is 6.61 Å². The fourth-order valence-electron chi connectivity index (χ4n) is 2.00. The normalized spacial score (nSPS) is 12.3. The average Bonchev–Trinajstić information content (AvgIpc) is 2.93. The summed E-state index contributed by atoms with van der Waals surface area (Å²) in [7, 11) is 0. The lowest BCUT2D eigenvalue weighted by Gasteiger charge is -2.17. The number of nitrogens with one attached hydrogen (secondary N) is 1. The Labute approximate surface area is 113 Å². The monoisotopic (exact) mass is 260 g/mol. The zero-order chi connectivity index (χ0) is 13.5. The molecular formula is C14H20N4O. The molecule has 5 heteroatoms. The number of imidazole rings is 1. The summed E-state index contributed by atoms with van der Waals surface area (Å²) in [5, 5.41) is 0. The Morgan fingerprint density at radius 1 is 1.37 bits per heavy atom. The summed E-state index contributed by atoms with van der Waals surface area (Å²) in [5.41, 5.74) is 2.80. The summed E-state index contributed by atoms with van der Waals surface area (Å²) in [6, 6.07) is 9.76. The number of hydrogen-bond donors (Lipinski definition) is 2. The lowest BCUT2D eigenvalue weighted by molar-refractivity contribution is 0.282. The van der Waals surface area contributed by atoms with Crippen molar-refractivity contribution in [3.63, 3.8) is 0 Å². The first-order chi connectivity index (χ1) is 9.35. The van der Waals surface area contributed by atoms with Gasteiger partial charge in [0.05, 0.1) is 12.6 Å². The maximum atomic E-state index is 5.68. The molecule has 1 aromatic carbocycles. The van der Waals surface area contributed by atoms with Crippen LogP contribution in [0.25, 0.3) is 0 Å². The molecule has 2 aromatic rings. The minimum atomic E-state index is -0.00124. The molecule has 1 aromatic heterocycles. The van der Waals surface area contributed by atoms with Crippen LogP contribution >= 0.6 is 0 Å². The highest BCUT2D eigenvalue weighted by atomic mass is 16.5. The van der Waals surface area contributed by atoms with Crippen LogP contribution in [0.5, 0.6) is 5.75 Å². The number of rotatable bonds is 7. The van der Waals surface area contributed by atoms with E-state index in [0.717, 1.165) is 24.5 Å². The fourth-order valence-corrected chi connectivity index (χ4v) is 2.00. The molecule has 0 saturated heterocycles. The van der Waals surface area contributed by atoms with Crippen LogP contribution in [-0.4, -0.2) is 16.2 Å². The van der Waals surface area contributed by atoms with E-state index in [1.165, 1.54) is 0 Å². The molecule has 0 aliphatic heterocycles. The first-order valence-corrected chi connectivity index (χ1v) is 6.50. The highest BCUT2D eigenvalue weighted by Crippen LogP contribution is 2.15. The van der Waals surface area contributed by atoms with Crippen molar-refractivity contribution in [2.45, 2.75) is 25.9 Å². The summed E-state index contributed by atoms with van der Waals surface area (Å²) >= 11 is 0. The zero-order valence-electron chi connectivity index (χ0n) is 11.1. The molecule has 3 N–H and O–H groups in total. The van der Waals surface area contributed by atoms with Crippen molar-refractivity contribution in [3.05, 3.63) is 48.5 Å². The van der Waals surface area contributed by atoms with Crippen LogP contribution in [0.1, 0.15) is 25.2 Å². The van der Waals surface area contributed by atoms with Crippen molar-refractivity contribution in [1.82, 2.24) is 15.0 Å². The predicted molar refractivity (Wildman–Crippen MR) is 74.5 cm³/mol. The summed E-state index contributed by atoms with van der Waals surface area (Å²) in [4.78, 5) is 4.35. The van der Waals surface area contributed by atoms with E-state index in [1.54, 1.807) is 6.20 Å². The van der Waals surface area contributed by atoms with Crippen LogP contribution in [0.15, 0.2) is 42.7 Å². The SMILES string of the molecule is CCn1ccnc1C(CCOc1ccccc1)NN. The predicted octanol–water partition coefficient (Wildman–Crippen LogP) is 1.88. The number of nitrogens with two attached hydrogens (primary N) is 1. The second-order valence-electron chi connectivity index (χ2n) is 4.24. The smallest absolute Gasteiger partial charge is 0.127 e. The van der Waals surface area contributed by atoms with Gasteiger partial charge in [-0.1, -0.05) is 18.2 Å². The van der Waals surface area contributed by atoms with Crippen molar-refractivity contribution in [2.24, 2.45) is 5.84 Å². The van der Waals surface area contributed by atoms with E-state index in [4.69, 9.17) is 10.6 Å². The third-order valence-electron chi connectivity index (χ3n) is 3.02. The second kappa shape index (κ2) is 6.92. The van der Waals surface area contributed by atoms with Crippen LogP contribution in [0, 0.1) is 0 Å². The Balaban J connectivity index is 1.90. The van der Waals surface area contributed by atoms with Crippen molar-refractivity contribution >= 4 is 0 Å². The number of ether oxygens (including phenoxy) is 1. The number of hydrazine groups is 1. The number of hydrogen-bond acceptors (Lipinski definition) is 4. The first-order valence-electron chi connectivity index (χ1n) is 6.50. The van der Waals surface area contributed by atoms with Crippen molar-refractivity contribution in [3.8, 4) is 5.75 Å². The number of nitrogens with zero attached hydrogens (tertiary/aromatic N) is 2. The van der Waals surface area contributed by atoms with Crippen LogP contribution < -0.4 is 16.0 Å². The lowest BCUT2D eigenvalue weighted by Crippen LogP contribution is -2.31. The Morgan fingerprint density at radius 3 is 2.84 bits per heavy atom. The Bertz CT molecular complexity index is 483. The van der Waals surface area contributed by atoms with E-state index in [9.17, 15) is 0 Å². The molecule has 5 nitrogen and oxygen atoms in total. The maximum Gasteiger partial charge on any atom is 0.127 e. The molecule has 0 amide bonds. The van der Waals surface area contributed by atoms with Gasteiger partial charge in [-0.3, -0.25) is 5.84 Å². The van der Waals surface area contributed by atoms with Crippen molar-refractivity contribution in [1.29, 1.82) is 0 Å². The maximum absolute atomic E-state index is 5.68. The van der Waals surface area contributed by atoms with Crippen LogP contribution in [0.3, 0.4) is 0 Å². The van der Waals surface area contributed by atoms with Gasteiger partial charge >= 0.3 is 0 Å². The molecule has 0 fully saturated rings. The molecule has 0 aliphatic carbocycles. The minimum absolute atomic E-state index is 0.00124. The molecule has 0 radical (unpaired) electrons. The molecule has 0 spiro atoms. The number of para-hydroxylation sites is 1. The number of benzene rings is 1. The molecule has 1 atom stereocenters. The van der Waals surface area contributed by atoms with Gasteiger partial charge < -0.3 is 9.30 Å². The fraction of sp³-hybridized carbons (Fsp3) is 0.357.